The van der Waals surface area contributed by atoms with Gasteiger partial charge in [0.1, 0.15) is 11.9 Å². The first kappa shape index (κ1) is 24.1. The fraction of sp³-hybridized carbons (Fsp3) is 0.409. The number of halogens is 1. The minimum Gasteiger partial charge on any atom is -0.459 e. The van der Waals surface area contributed by atoms with Crippen molar-refractivity contribution in [1.82, 2.24) is 10.4 Å². The van der Waals surface area contributed by atoms with Crippen molar-refractivity contribution in [3.63, 3.8) is 0 Å². The number of nitrogens with one attached hydrogen (secondary N) is 1. The Morgan fingerprint density at radius 1 is 1.30 bits per heavy atom. The number of hydrogen-bond acceptors (Lipinski definition) is 7. The number of rotatable bonds is 10. The molecule has 2 aromatic rings. The van der Waals surface area contributed by atoms with Crippen molar-refractivity contribution in [2.75, 3.05) is 49.6 Å². The average molecular weight is 462 g/mol. The molecule has 0 bridgehead atoms. The van der Waals surface area contributed by atoms with E-state index < -0.39 is 23.9 Å². The minimum atomic E-state index is -0.600. The Bertz CT molecular complexity index is 983. The van der Waals surface area contributed by atoms with Crippen LogP contribution in [0.15, 0.2) is 41.0 Å². The van der Waals surface area contributed by atoms with Crippen LogP contribution in [-0.4, -0.2) is 68.9 Å². The van der Waals surface area contributed by atoms with Crippen molar-refractivity contribution in [3.05, 3.63) is 48.2 Å². The van der Waals surface area contributed by atoms with Gasteiger partial charge in [0.05, 0.1) is 44.4 Å². The van der Waals surface area contributed by atoms with Gasteiger partial charge in [-0.25, -0.2) is 14.2 Å². The van der Waals surface area contributed by atoms with E-state index in [2.05, 4.69) is 5.32 Å². The maximum atomic E-state index is 15.0. The molecule has 1 aliphatic rings. The second-order valence-electron chi connectivity index (χ2n) is 7.34. The normalized spacial score (nSPS) is 15.3. The number of ether oxygens (including phenoxy) is 1. The number of amides is 3. The molecule has 1 N–H and O–H groups in total. The first-order valence-corrected chi connectivity index (χ1v) is 10.5. The summed E-state index contributed by atoms with van der Waals surface area (Å²) in [5, 5.41) is 3.74. The van der Waals surface area contributed by atoms with Crippen molar-refractivity contribution >= 4 is 29.3 Å². The molecule has 0 unspecified atom stereocenters. The number of hydrogen-bond donors (Lipinski definition) is 1. The molecule has 1 saturated heterocycles. The van der Waals surface area contributed by atoms with Gasteiger partial charge in [0, 0.05) is 20.0 Å². The Kier molecular flexibility index (Phi) is 7.88. The van der Waals surface area contributed by atoms with Crippen molar-refractivity contribution in [3.8, 4) is 0 Å². The number of hydroxylamine groups is 2. The third-order valence-corrected chi connectivity index (χ3v) is 5.17. The van der Waals surface area contributed by atoms with Gasteiger partial charge in [-0.3, -0.25) is 19.3 Å². The lowest BCUT2D eigenvalue weighted by molar-refractivity contribution is -0.119. The second kappa shape index (κ2) is 10.8. The van der Waals surface area contributed by atoms with Crippen LogP contribution in [-0.2, 0) is 14.4 Å². The third kappa shape index (κ3) is 5.80. The summed E-state index contributed by atoms with van der Waals surface area (Å²) in [5.74, 6) is -1.04. The van der Waals surface area contributed by atoms with E-state index in [-0.39, 0.29) is 31.3 Å². The number of benzene rings is 1. The summed E-state index contributed by atoms with van der Waals surface area (Å²) in [6.07, 6.45) is 0.286. The van der Waals surface area contributed by atoms with Gasteiger partial charge in [-0.15, -0.1) is 0 Å². The van der Waals surface area contributed by atoms with Crippen LogP contribution in [0.2, 0.25) is 0 Å². The lowest BCUT2D eigenvalue weighted by atomic mass is 10.2. The van der Waals surface area contributed by atoms with Gasteiger partial charge in [0.15, 0.2) is 5.76 Å². The van der Waals surface area contributed by atoms with Gasteiger partial charge in [-0.1, -0.05) is 0 Å². The molecule has 2 heterocycles. The largest absolute Gasteiger partial charge is 0.459 e. The second-order valence-corrected chi connectivity index (χ2v) is 7.34. The molecular formula is C22H27FN4O6. The highest BCUT2D eigenvalue weighted by molar-refractivity contribution is 5.91. The van der Waals surface area contributed by atoms with E-state index in [1.165, 1.54) is 37.3 Å². The summed E-state index contributed by atoms with van der Waals surface area (Å²) in [7, 11) is 1.38. The summed E-state index contributed by atoms with van der Waals surface area (Å²) in [6, 6.07) is 7.62. The van der Waals surface area contributed by atoms with E-state index in [0.717, 1.165) is 5.06 Å². The molecular weight excluding hydrogens is 435 g/mol. The molecule has 1 atom stereocenters. The van der Waals surface area contributed by atoms with Gasteiger partial charge in [0.25, 0.3) is 0 Å². The first-order chi connectivity index (χ1) is 15.8. The summed E-state index contributed by atoms with van der Waals surface area (Å²) >= 11 is 0. The maximum Gasteiger partial charge on any atom is 0.414 e. The Hall–Kier alpha value is -3.60. The highest BCUT2D eigenvalue weighted by Crippen LogP contribution is 2.28. The van der Waals surface area contributed by atoms with E-state index in [1.54, 1.807) is 23.1 Å². The predicted octanol–water partition coefficient (Wildman–Crippen LogP) is 2.41. The van der Waals surface area contributed by atoms with Crippen LogP contribution in [0.25, 0.3) is 0 Å². The quantitative estimate of drug-likeness (QED) is 0.541. The van der Waals surface area contributed by atoms with Gasteiger partial charge in [-0.05, 0) is 37.3 Å². The van der Waals surface area contributed by atoms with Crippen LogP contribution >= 0.6 is 0 Å². The Morgan fingerprint density at radius 2 is 2.09 bits per heavy atom. The monoisotopic (exact) mass is 462 g/mol. The van der Waals surface area contributed by atoms with Gasteiger partial charge in [0.2, 0.25) is 5.91 Å². The molecule has 3 rings (SSSR count). The number of anilines is 2. The fourth-order valence-corrected chi connectivity index (χ4v) is 3.48. The highest BCUT2D eigenvalue weighted by Gasteiger charge is 2.33. The van der Waals surface area contributed by atoms with Crippen LogP contribution in [0.1, 0.15) is 24.4 Å². The van der Waals surface area contributed by atoms with E-state index in [9.17, 15) is 14.4 Å². The van der Waals surface area contributed by atoms with Crippen molar-refractivity contribution in [1.29, 1.82) is 0 Å². The minimum absolute atomic E-state index is 0.143. The number of furan rings is 1. The zero-order valence-corrected chi connectivity index (χ0v) is 18.7. The molecule has 0 spiro atoms. The smallest absolute Gasteiger partial charge is 0.414 e. The average Bonchev–Trinajstić information content (AvgIpc) is 3.45. The predicted molar refractivity (Wildman–Crippen MR) is 117 cm³/mol. The molecule has 3 amide bonds. The summed E-state index contributed by atoms with van der Waals surface area (Å²) in [5.41, 5.74) is 0.680. The standard InChI is InChI=1S/C22H27FN4O6/c1-4-25(9-10-27(31-3)21(29)20-6-5-11-32-20)19-8-7-16(12-18(19)23)26-14-17(33-22(26)30)13-24-15(2)28/h5-8,11-12,17H,4,9-10,13-14H2,1-3H3,(H,24,28)/t17-/m0/s1. The van der Waals surface area contributed by atoms with Crippen molar-refractivity contribution in [2.45, 2.75) is 20.0 Å². The van der Waals surface area contributed by atoms with E-state index in [4.69, 9.17) is 14.0 Å². The van der Waals surface area contributed by atoms with E-state index in [0.29, 0.717) is 24.5 Å². The molecule has 1 aromatic carbocycles. The van der Waals surface area contributed by atoms with Crippen molar-refractivity contribution in [2.24, 2.45) is 0 Å². The van der Waals surface area contributed by atoms with Gasteiger partial charge in [-0.2, -0.15) is 0 Å². The number of nitrogens with zero attached hydrogens (tertiary/aromatic N) is 3. The highest BCUT2D eigenvalue weighted by atomic mass is 19.1. The number of carbonyl (C=O) groups is 3. The van der Waals surface area contributed by atoms with Gasteiger partial charge >= 0.3 is 12.0 Å². The maximum absolute atomic E-state index is 15.0. The van der Waals surface area contributed by atoms with E-state index >= 15 is 4.39 Å². The van der Waals surface area contributed by atoms with E-state index in [1.807, 2.05) is 6.92 Å². The van der Waals surface area contributed by atoms with Crippen LogP contribution in [0.4, 0.5) is 20.6 Å². The molecule has 1 aliphatic heterocycles. The summed E-state index contributed by atoms with van der Waals surface area (Å²) < 4.78 is 25.3. The number of likely N-dealkylation sites (N-methyl/N-ethyl adjacent to an activating group) is 1. The molecule has 10 nitrogen and oxygen atoms in total. The summed E-state index contributed by atoms with van der Waals surface area (Å²) in [4.78, 5) is 43.9. The molecule has 178 valence electrons. The first-order valence-electron chi connectivity index (χ1n) is 10.5. The lowest BCUT2D eigenvalue weighted by Gasteiger charge is -2.27. The third-order valence-electron chi connectivity index (χ3n) is 5.17. The molecule has 1 aromatic heterocycles. The molecule has 11 heteroatoms. The molecule has 1 fully saturated rings. The molecule has 0 aliphatic carbocycles. The Balaban J connectivity index is 1.65. The zero-order chi connectivity index (χ0) is 24.0. The molecule has 0 radical (unpaired) electrons. The van der Waals surface area contributed by atoms with Crippen LogP contribution in [0.5, 0.6) is 0 Å². The SMILES string of the molecule is CCN(CCN(OC)C(=O)c1ccco1)c1ccc(N2C[C@H](CNC(C)=O)OC2=O)cc1F. The summed E-state index contributed by atoms with van der Waals surface area (Å²) in [6.45, 7) is 4.59. The van der Waals surface area contributed by atoms with Crippen LogP contribution in [0, 0.1) is 5.82 Å². The zero-order valence-electron chi connectivity index (χ0n) is 18.7. The molecule has 0 saturated carbocycles. The van der Waals surface area contributed by atoms with Crippen LogP contribution in [0.3, 0.4) is 0 Å². The molecule has 33 heavy (non-hydrogen) atoms. The number of cyclic esters (lactones) is 1. The van der Waals surface area contributed by atoms with Gasteiger partial charge < -0.3 is 19.4 Å². The van der Waals surface area contributed by atoms with Crippen molar-refractivity contribution < 1.29 is 32.8 Å². The number of carbonyl (C=O) groups excluding carboxylic acids is 3. The van der Waals surface area contributed by atoms with Crippen LogP contribution < -0.4 is 15.1 Å². The lowest BCUT2D eigenvalue weighted by Crippen LogP contribution is -2.38. The fourth-order valence-electron chi connectivity index (χ4n) is 3.48. The Labute approximate surface area is 190 Å². The topological polar surface area (TPSA) is 105 Å². The Morgan fingerprint density at radius 3 is 2.70 bits per heavy atom.